The largest absolute Gasteiger partial charge is 0.325 e. The predicted octanol–water partition coefficient (Wildman–Crippen LogP) is 3.73. The third kappa shape index (κ3) is 6.11. The molecule has 1 unspecified atom stereocenters. The number of carbonyl (C=O) groups is 1. The van der Waals surface area contributed by atoms with Crippen molar-refractivity contribution in [1.29, 1.82) is 0 Å². The summed E-state index contributed by atoms with van der Waals surface area (Å²) in [6, 6.07) is 9.09. The zero-order valence-corrected chi connectivity index (χ0v) is 15.7. The van der Waals surface area contributed by atoms with Crippen LogP contribution in [0.15, 0.2) is 40.4 Å². The van der Waals surface area contributed by atoms with Gasteiger partial charge in [-0.3, -0.25) is 4.79 Å². The van der Waals surface area contributed by atoms with Gasteiger partial charge in [-0.05, 0) is 62.4 Å². The molecular weight excluding hydrogens is 344 g/mol. The summed E-state index contributed by atoms with van der Waals surface area (Å²) in [6.45, 7) is 5.92. The van der Waals surface area contributed by atoms with Gasteiger partial charge < -0.3 is 11.1 Å². The fourth-order valence-corrected chi connectivity index (χ4v) is 2.99. The number of carbonyl (C=O) groups excluding carboxylic acids is 1. The lowest BCUT2D eigenvalue weighted by molar-refractivity contribution is -0.117. The van der Waals surface area contributed by atoms with Crippen LogP contribution in [-0.4, -0.2) is 21.9 Å². The van der Waals surface area contributed by atoms with E-state index in [1.165, 1.54) is 11.8 Å². The van der Waals surface area contributed by atoms with Crippen LogP contribution in [0.4, 0.5) is 5.69 Å². The summed E-state index contributed by atoms with van der Waals surface area (Å²) in [5, 5.41) is 3.56. The lowest BCUT2D eigenvalue weighted by Gasteiger charge is -2.11. The van der Waals surface area contributed by atoms with Crippen molar-refractivity contribution in [2.75, 3.05) is 5.32 Å². The Morgan fingerprint density at radius 1 is 1.21 bits per heavy atom. The van der Waals surface area contributed by atoms with Gasteiger partial charge in [0.1, 0.15) is 0 Å². The van der Waals surface area contributed by atoms with Crippen LogP contribution in [-0.2, 0) is 4.79 Å². The summed E-state index contributed by atoms with van der Waals surface area (Å²) in [7, 11) is 0. The van der Waals surface area contributed by atoms with Crippen molar-refractivity contribution < 1.29 is 4.79 Å². The average Bonchev–Trinajstić information content (AvgIpc) is 2.48. The Balaban J connectivity index is 0.00000288. The van der Waals surface area contributed by atoms with Gasteiger partial charge >= 0.3 is 0 Å². The summed E-state index contributed by atoms with van der Waals surface area (Å²) < 4.78 is 0. The van der Waals surface area contributed by atoms with Gasteiger partial charge in [-0.1, -0.05) is 13.3 Å². The van der Waals surface area contributed by atoms with E-state index in [0.717, 1.165) is 33.5 Å². The molecule has 1 heterocycles. The molecule has 0 bridgehead atoms. The maximum absolute atomic E-state index is 11.9. The second-order valence-corrected chi connectivity index (χ2v) is 6.48. The van der Waals surface area contributed by atoms with Crippen LogP contribution in [0.3, 0.4) is 0 Å². The first-order valence-corrected chi connectivity index (χ1v) is 8.46. The highest BCUT2D eigenvalue weighted by Gasteiger charge is 2.12. The minimum Gasteiger partial charge on any atom is -0.325 e. The van der Waals surface area contributed by atoms with Crippen LogP contribution in [0.2, 0.25) is 0 Å². The van der Waals surface area contributed by atoms with Crippen LogP contribution in [0.1, 0.15) is 31.2 Å². The molecule has 0 spiro atoms. The van der Waals surface area contributed by atoms with E-state index in [2.05, 4.69) is 15.3 Å². The Labute approximate surface area is 153 Å². The molecule has 0 aliphatic heterocycles. The maximum atomic E-state index is 11.9. The summed E-state index contributed by atoms with van der Waals surface area (Å²) >= 11 is 1.50. The van der Waals surface area contributed by atoms with E-state index in [9.17, 15) is 4.79 Å². The highest BCUT2D eigenvalue weighted by Crippen LogP contribution is 2.26. The third-order valence-corrected chi connectivity index (χ3v) is 4.10. The van der Waals surface area contributed by atoms with Crippen molar-refractivity contribution in [1.82, 2.24) is 9.97 Å². The third-order valence-electron chi connectivity index (χ3n) is 3.23. The van der Waals surface area contributed by atoms with E-state index in [1.807, 2.05) is 51.1 Å². The molecule has 24 heavy (non-hydrogen) atoms. The van der Waals surface area contributed by atoms with Crippen LogP contribution in [0, 0.1) is 13.8 Å². The molecule has 1 amide bonds. The standard InChI is InChI=1S/C17H22N4OS.ClH/c1-4-5-15(18)16(22)21-13-6-8-14(9-7-13)23-17-19-11(2)10-12(3)20-17;/h6-10,15H,4-5,18H2,1-3H3,(H,21,22);1H. The number of hydrogen-bond acceptors (Lipinski definition) is 5. The van der Waals surface area contributed by atoms with E-state index in [4.69, 9.17) is 5.73 Å². The minimum atomic E-state index is -0.460. The average molecular weight is 367 g/mol. The molecule has 0 aliphatic carbocycles. The van der Waals surface area contributed by atoms with E-state index >= 15 is 0 Å². The molecule has 5 nitrogen and oxygen atoms in total. The lowest BCUT2D eigenvalue weighted by atomic mass is 10.1. The number of nitrogens with two attached hydrogens (primary N) is 1. The Morgan fingerprint density at radius 3 is 2.33 bits per heavy atom. The number of halogens is 1. The fourth-order valence-electron chi connectivity index (χ4n) is 2.13. The number of amides is 1. The summed E-state index contributed by atoms with van der Waals surface area (Å²) in [6.07, 6.45) is 1.57. The second kappa shape index (κ2) is 9.61. The molecule has 2 rings (SSSR count). The van der Waals surface area contributed by atoms with Gasteiger partial charge in [0.15, 0.2) is 5.16 Å². The van der Waals surface area contributed by atoms with Crippen molar-refractivity contribution in [3.63, 3.8) is 0 Å². The van der Waals surface area contributed by atoms with Crippen molar-refractivity contribution in [3.8, 4) is 0 Å². The van der Waals surface area contributed by atoms with E-state index < -0.39 is 6.04 Å². The van der Waals surface area contributed by atoms with Crippen molar-refractivity contribution in [2.24, 2.45) is 5.73 Å². The minimum absolute atomic E-state index is 0. The topological polar surface area (TPSA) is 80.9 Å². The molecule has 0 fully saturated rings. The number of hydrogen-bond donors (Lipinski definition) is 2. The van der Waals surface area contributed by atoms with Gasteiger partial charge in [-0.15, -0.1) is 12.4 Å². The van der Waals surface area contributed by atoms with Crippen molar-refractivity contribution in [2.45, 2.75) is 49.7 Å². The summed E-state index contributed by atoms with van der Waals surface area (Å²) in [5.74, 6) is -0.148. The van der Waals surface area contributed by atoms with Crippen LogP contribution in [0.25, 0.3) is 0 Å². The highest BCUT2D eigenvalue weighted by molar-refractivity contribution is 7.99. The number of nitrogens with one attached hydrogen (secondary N) is 1. The molecule has 3 N–H and O–H groups in total. The van der Waals surface area contributed by atoms with Gasteiger partial charge in [-0.25, -0.2) is 9.97 Å². The molecule has 7 heteroatoms. The Bertz CT molecular complexity index is 659. The van der Waals surface area contributed by atoms with E-state index in [-0.39, 0.29) is 18.3 Å². The first kappa shape index (κ1) is 20.4. The summed E-state index contributed by atoms with van der Waals surface area (Å²) in [5.41, 5.74) is 8.45. The molecule has 2 aromatic rings. The van der Waals surface area contributed by atoms with E-state index in [0.29, 0.717) is 6.42 Å². The van der Waals surface area contributed by atoms with Crippen LogP contribution in [0.5, 0.6) is 0 Å². The zero-order valence-electron chi connectivity index (χ0n) is 14.1. The quantitative estimate of drug-likeness (QED) is 0.761. The number of benzene rings is 1. The normalized spacial score (nSPS) is 11.5. The first-order chi connectivity index (χ1) is 11.0. The molecule has 0 radical (unpaired) electrons. The molecule has 130 valence electrons. The van der Waals surface area contributed by atoms with E-state index in [1.54, 1.807) is 0 Å². The van der Waals surface area contributed by atoms with Gasteiger partial charge in [0, 0.05) is 22.0 Å². The van der Waals surface area contributed by atoms with Crippen LogP contribution >= 0.6 is 24.2 Å². The molecule has 1 aromatic heterocycles. The second-order valence-electron chi connectivity index (χ2n) is 5.44. The van der Waals surface area contributed by atoms with Gasteiger partial charge in [0.25, 0.3) is 0 Å². The number of aryl methyl sites for hydroxylation is 2. The number of anilines is 1. The van der Waals surface area contributed by atoms with Crippen molar-refractivity contribution in [3.05, 3.63) is 41.7 Å². The predicted molar refractivity (Wildman–Crippen MR) is 101 cm³/mol. The maximum Gasteiger partial charge on any atom is 0.241 e. The van der Waals surface area contributed by atoms with Gasteiger partial charge in [0.05, 0.1) is 6.04 Å². The molecule has 1 aromatic carbocycles. The van der Waals surface area contributed by atoms with Gasteiger partial charge in [-0.2, -0.15) is 0 Å². The summed E-state index contributed by atoms with van der Waals surface area (Å²) in [4.78, 5) is 21.7. The Kier molecular flexibility index (Phi) is 8.18. The molecule has 1 atom stereocenters. The zero-order chi connectivity index (χ0) is 16.8. The van der Waals surface area contributed by atoms with Gasteiger partial charge in [0.2, 0.25) is 5.91 Å². The lowest BCUT2D eigenvalue weighted by Crippen LogP contribution is -2.35. The number of rotatable bonds is 6. The van der Waals surface area contributed by atoms with Crippen molar-refractivity contribution >= 4 is 35.8 Å². The molecule has 0 saturated carbocycles. The Hall–Kier alpha value is -1.63. The Morgan fingerprint density at radius 2 is 1.79 bits per heavy atom. The number of aromatic nitrogens is 2. The SMILES string of the molecule is CCCC(N)C(=O)Nc1ccc(Sc2nc(C)cc(C)n2)cc1.Cl. The first-order valence-electron chi connectivity index (χ1n) is 7.64. The fraction of sp³-hybridized carbons (Fsp3) is 0.353. The van der Waals surface area contributed by atoms with Crippen LogP contribution < -0.4 is 11.1 Å². The molecule has 0 saturated heterocycles. The molecular formula is C17H23ClN4OS. The smallest absolute Gasteiger partial charge is 0.241 e. The monoisotopic (exact) mass is 366 g/mol. The number of nitrogens with zero attached hydrogens (tertiary/aromatic N) is 2. The molecule has 0 aliphatic rings. The highest BCUT2D eigenvalue weighted by atomic mass is 35.5.